The second-order valence-electron chi connectivity index (χ2n) is 5.50. The fraction of sp³-hybridized carbons (Fsp3) is 0.889. The molecule has 1 heterocycles. The molecule has 0 saturated heterocycles. The second-order valence-corrected chi connectivity index (χ2v) is 5.50. The van der Waals surface area contributed by atoms with Gasteiger partial charge in [0, 0.05) is 27.9 Å². The van der Waals surface area contributed by atoms with Gasteiger partial charge in [-0.1, -0.05) is 31.9 Å². The van der Waals surface area contributed by atoms with Crippen LogP contribution in [0.5, 0.6) is 0 Å². The average molecular weight is 361 g/mol. The van der Waals surface area contributed by atoms with Crippen molar-refractivity contribution >= 4 is 0 Å². The molecule has 0 aromatic carbocycles. The first kappa shape index (κ1) is 24.0. The van der Waals surface area contributed by atoms with Crippen molar-refractivity contribution in [1.82, 2.24) is 20.3 Å². The lowest BCUT2D eigenvalue weighted by Gasteiger charge is -2.07. The van der Waals surface area contributed by atoms with E-state index in [-0.39, 0.29) is 1.43 Å². The summed E-state index contributed by atoms with van der Waals surface area (Å²) in [4.78, 5) is 0. The van der Waals surface area contributed by atoms with Crippen molar-refractivity contribution in [3.63, 3.8) is 0 Å². The van der Waals surface area contributed by atoms with E-state index in [2.05, 4.69) is 15.6 Å². The number of hydrogen-bond donors (Lipinski definition) is 1. The zero-order chi connectivity index (χ0) is 18.6. The summed E-state index contributed by atoms with van der Waals surface area (Å²) in [7, 11) is 1.75. The topological polar surface area (TPSA) is 70.4 Å². The Morgan fingerprint density at radius 1 is 0.960 bits per heavy atom. The highest BCUT2D eigenvalue weighted by molar-refractivity contribution is 4.86. The highest BCUT2D eigenvalue weighted by Crippen LogP contribution is 1.98. The van der Waals surface area contributed by atoms with E-state index in [4.69, 9.17) is 14.2 Å². The Kier molecular flexibility index (Phi) is 18.5. The number of hydrogen-bond acceptors (Lipinski definition) is 6. The number of aromatic nitrogens is 3. The van der Waals surface area contributed by atoms with Crippen LogP contribution in [0.25, 0.3) is 0 Å². The number of ether oxygens (including phenoxy) is 3. The highest BCUT2D eigenvalue weighted by Gasteiger charge is 1.96. The van der Waals surface area contributed by atoms with Gasteiger partial charge in [0.05, 0.1) is 38.7 Å². The van der Waals surface area contributed by atoms with Gasteiger partial charge in [-0.25, -0.2) is 4.68 Å². The second kappa shape index (κ2) is 19.3. The van der Waals surface area contributed by atoms with Gasteiger partial charge in [-0.2, -0.15) is 0 Å². The smallest absolute Gasteiger partial charge is 0.0796 e. The molecule has 0 radical (unpaired) electrons. The van der Waals surface area contributed by atoms with Crippen LogP contribution < -0.4 is 5.32 Å². The normalized spacial score (nSPS) is 10.6. The van der Waals surface area contributed by atoms with Crippen molar-refractivity contribution in [2.75, 3.05) is 53.2 Å². The van der Waals surface area contributed by atoms with Gasteiger partial charge in [0.25, 0.3) is 0 Å². The molecule has 0 spiro atoms. The molecule has 0 atom stereocenters. The van der Waals surface area contributed by atoms with E-state index in [0.29, 0.717) is 19.8 Å². The minimum absolute atomic E-state index is 0. The van der Waals surface area contributed by atoms with Gasteiger partial charge in [0.1, 0.15) is 0 Å². The van der Waals surface area contributed by atoms with Crippen LogP contribution >= 0.6 is 0 Å². The van der Waals surface area contributed by atoms with Crippen LogP contribution in [-0.2, 0) is 20.8 Å². The van der Waals surface area contributed by atoms with Crippen LogP contribution in [0.4, 0.5) is 0 Å². The summed E-state index contributed by atoms with van der Waals surface area (Å²) in [5.41, 5.74) is 0.927. The first-order valence-corrected chi connectivity index (χ1v) is 9.55. The van der Waals surface area contributed by atoms with Crippen LogP contribution in [0, 0.1) is 6.92 Å². The minimum Gasteiger partial charge on any atom is -0.385 e. The molecule has 0 aliphatic carbocycles. The summed E-state index contributed by atoms with van der Waals surface area (Å²) in [6.07, 6.45) is 6.79. The Balaban J connectivity index is 0. The fourth-order valence-corrected chi connectivity index (χ4v) is 2.10. The van der Waals surface area contributed by atoms with Crippen molar-refractivity contribution in [2.24, 2.45) is 0 Å². The summed E-state index contributed by atoms with van der Waals surface area (Å²) in [5, 5.41) is 11.3. The molecular formula is C18H40N4O3. The SMILES string of the molecule is CC.COCCCCCCNCCOCCOCCn1cc(C)nn1.[HH]. The largest absolute Gasteiger partial charge is 0.385 e. The molecule has 1 rings (SSSR count). The monoisotopic (exact) mass is 360 g/mol. The molecular weight excluding hydrogens is 320 g/mol. The number of nitrogens with zero attached hydrogens (tertiary/aromatic N) is 3. The standard InChI is InChI=1S/C16H32N4O3.C2H6.H2/c1-16-15-20(19-18-16)9-12-23-14-13-22-11-8-17-7-5-3-4-6-10-21-2;1-2;/h15,17H,3-14H2,1-2H3;1-2H3;1H. The lowest BCUT2D eigenvalue weighted by molar-refractivity contribution is 0.0449. The van der Waals surface area contributed by atoms with Crippen molar-refractivity contribution in [2.45, 2.75) is 53.0 Å². The highest BCUT2D eigenvalue weighted by atomic mass is 16.5. The van der Waals surface area contributed by atoms with Crippen molar-refractivity contribution in [3.05, 3.63) is 11.9 Å². The van der Waals surface area contributed by atoms with E-state index in [9.17, 15) is 0 Å². The molecule has 0 bridgehead atoms. The predicted octanol–water partition coefficient (Wildman–Crippen LogP) is 2.69. The Labute approximate surface area is 154 Å². The van der Waals surface area contributed by atoms with Crippen molar-refractivity contribution < 1.29 is 15.6 Å². The molecule has 0 aliphatic heterocycles. The molecule has 1 aromatic rings. The fourth-order valence-electron chi connectivity index (χ4n) is 2.10. The maximum atomic E-state index is 5.51. The van der Waals surface area contributed by atoms with E-state index in [0.717, 1.165) is 45.0 Å². The number of aryl methyl sites for hydroxylation is 1. The van der Waals surface area contributed by atoms with E-state index >= 15 is 0 Å². The molecule has 150 valence electrons. The average Bonchev–Trinajstić information content (AvgIpc) is 3.05. The van der Waals surface area contributed by atoms with Gasteiger partial charge in [-0.15, -0.1) is 5.10 Å². The third-order valence-corrected chi connectivity index (χ3v) is 3.37. The summed E-state index contributed by atoms with van der Waals surface area (Å²) in [6, 6.07) is 0. The maximum absolute atomic E-state index is 5.51. The van der Waals surface area contributed by atoms with E-state index in [1.807, 2.05) is 27.0 Å². The molecule has 25 heavy (non-hydrogen) atoms. The predicted molar refractivity (Wildman–Crippen MR) is 103 cm³/mol. The van der Waals surface area contributed by atoms with Gasteiger partial charge in [0.15, 0.2) is 0 Å². The molecule has 0 aliphatic rings. The number of nitrogens with one attached hydrogen (secondary N) is 1. The molecule has 0 saturated carbocycles. The van der Waals surface area contributed by atoms with Gasteiger partial charge in [-0.05, 0) is 26.3 Å². The van der Waals surface area contributed by atoms with E-state index < -0.39 is 0 Å². The Bertz CT molecular complexity index is 381. The number of unbranched alkanes of at least 4 members (excludes halogenated alkanes) is 3. The molecule has 7 nitrogen and oxygen atoms in total. The van der Waals surface area contributed by atoms with Crippen LogP contribution in [0.15, 0.2) is 6.20 Å². The third kappa shape index (κ3) is 16.2. The Hall–Kier alpha value is -1.02. The molecule has 1 aromatic heterocycles. The molecule has 0 fully saturated rings. The number of methoxy groups -OCH3 is 1. The molecule has 1 N–H and O–H groups in total. The molecule has 0 amide bonds. The Morgan fingerprint density at radius 3 is 2.36 bits per heavy atom. The Morgan fingerprint density at radius 2 is 1.68 bits per heavy atom. The summed E-state index contributed by atoms with van der Waals surface area (Å²) < 4.78 is 17.8. The first-order valence-electron chi connectivity index (χ1n) is 9.55. The van der Waals surface area contributed by atoms with Crippen molar-refractivity contribution in [1.29, 1.82) is 0 Å². The summed E-state index contributed by atoms with van der Waals surface area (Å²) >= 11 is 0. The minimum atomic E-state index is 0. The lowest BCUT2D eigenvalue weighted by Crippen LogP contribution is -2.21. The molecule has 0 unspecified atom stereocenters. The van der Waals surface area contributed by atoms with Crippen molar-refractivity contribution in [3.8, 4) is 0 Å². The van der Waals surface area contributed by atoms with Crippen LogP contribution in [0.2, 0.25) is 0 Å². The van der Waals surface area contributed by atoms with Crippen LogP contribution in [0.1, 0.15) is 46.7 Å². The van der Waals surface area contributed by atoms with Crippen LogP contribution in [0.3, 0.4) is 0 Å². The zero-order valence-corrected chi connectivity index (χ0v) is 16.6. The summed E-state index contributed by atoms with van der Waals surface area (Å²) in [5.74, 6) is 0. The third-order valence-electron chi connectivity index (χ3n) is 3.37. The lowest BCUT2D eigenvalue weighted by atomic mass is 10.2. The van der Waals surface area contributed by atoms with Gasteiger partial charge < -0.3 is 19.5 Å². The quantitative estimate of drug-likeness (QED) is 0.457. The first-order chi connectivity index (χ1) is 12.3. The maximum Gasteiger partial charge on any atom is 0.0796 e. The van der Waals surface area contributed by atoms with Crippen LogP contribution in [-0.4, -0.2) is 68.2 Å². The number of rotatable bonds is 16. The van der Waals surface area contributed by atoms with Gasteiger partial charge >= 0.3 is 0 Å². The van der Waals surface area contributed by atoms with E-state index in [1.165, 1.54) is 19.3 Å². The van der Waals surface area contributed by atoms with Gasteiger partial charge in [-0.3, -0.25) is 0 Å². The zero-order valence-electron chi connectivity index (χ0n) is 16.6. The molecule has 7 heteroatoms. The van der Waals surface area contributed by atoms with E-state index in [1.54, 1.807) is 11.8 Å². The summed E-state index contributed by atoms with van der Waals surface area (Å²) in [6.45, 7) is 12.1. The van der Waals surface area contributed by atoms with Gasteiger partial charge in [0.2, 0.25) is 0 Å².